The van der Waals surface area contributed by atoms with Gasteiger partial charge in [0.15, 0.2) is 0 Å². The summed E-state index contributed by atoms with van der Waals surface area (Å²) in [6.07, 6.45) is 0.608. The van der Waals surface area contributed by atoms with E-state index in [4.69, 9.17) is 20.8 Å². The summed E-state index contributed by atoms with van der Waals surface area (Å²) in [7, 11) is -2.11. The Bertz CT molecular complexity index is 1620. The topological polar surface area (TPSA) is 137 Å². The maximum Gasteiger partial charge on any atom is 0.310 e. The summed E-state index contributed by atoms with van der Waals surface area (Å²) in [5, 5.41) is 11.2. The number of carbonyl (C=O) groups is 2. The van der Waals surface area contributed by atoms with E-state index >= 15 is 0 Å². The van der Waals surface area contributed by atoms with Gasteiger partial charge in [-0.05, 0) is 24.6 Å². The van der Waals surface area contributed by atoms with Crippen LogP contribution in [0.25, 0.3) is 10.1 Å². The number of nitrogens with zero attached hydrogens (tertiary/aromatic N) is 5. The van der Waals surface area contributed by atoms with Crippen LogP contribution in [0.2, 0.25) is 5.02 Å². The van der Waals surface area contributed by atoms with Gasteiger partial charge in [0.2, 0.25) is 5.91 Å². The van der Waals surface area contributed by atoms with Crippen molar-refractivity contribution in [2.75, 3.05) is 59.5 Å². The molecule has 5 heterocycles. The summed E-state index contributed by atoms with van der Waals surface area (Å²) in [6, 6.07) is 4.28. The number of morpholine rings is 1. The third kappa shape index (κ3) is 5.56. The van der Waals surface area contributed by atoms with Gasteiger partial charge in [-0.25, -0.2) is 13.4 Å². The third-order valence-electron chi connectivity index (χ3n) is 8.04. The van der Waals surface area contributed by atoms with Crippen molar-refractivity contribution in [1.82, 2.24) is 24.0 Å². The molecule has 12 nitrogen and oxygen atoms in total. The van der Waals surface area contributed by atoms with Crippen molar-refractivity contribution in [1.29, 1.82) is 0 Å². The molecule has 1 aromatic carbocycles. The number of ether oxygens (including phenoxy) is 1. The van der Waals surface area contributed by atoms with Gasteiger partial charge < -0.3 is 24.1 Å². The molecular weight excluding hydrogens is 606 g/mol. The van der Waals surface area contributed by atoms with Gasteiger partial charge in [0.05, 0.1) is 38.1 Å². The molecule has 1 N–H and O–H groups in total. The van der Waals surface area contributed by atoms with Crippen LogP contribution in [0.4, 0.5) is 0 Å². The van der Waals surface area contributed by atoms with Gasteiger partial charge in [0.1, 0.15) is 9.97 Å². The number of amides is 2. The molecule has 0 spiro atoms. The van der Waals surface area contributed by atoms with E-state index in [1.165, 1.54) is 9.21 Å². The molecule has 2 saturated heterocycles. The van der Waals surface area contributed by atoms with E-state index in [1.807, 2.05) is 7.05 Å². The highest BCUT2D eigenvalue weighted by Crippen LogP contribution is 2.38. The third-order valence-corrected chi connectivity index (χ3v) is 11.9. The quantitative estimate of drug-likeness (QED) is 0.429. The van der Waals surface area contributed by atoms with Gasteiger partial charge in [-0.1, -0.05) is 17.7 Å². The van der Waals surface area contributed by atoms with E-state index in [-0.39, 0.29) is 42.1 Å². The minimum Gasteiger partial charge on any atom is -0.436 e. The minimum absolute atomic E-state index is 0.0132. The van der Waals surface area contributed by atoms with Crippen molar-refractivity contribution in [3.05, 3.63) is 46.1 Å². The number of aromatic nitrogens is 1. The molecule has 42 heavy (non-hydrogen) atoms. The standard InChI is InChI=1S/C27H32ClN5O7S2/c1-30-5-4-21-22(15-30)40-25(29-21)26(36)33-7-6-32(14-18(33)13-24(35)31-8-10-39-11-9-31)42(37,38)27-20(16-34)19-3-2-17(28)12-23(19)41-27/h2-3,12,18,34H,4-11,13-16H2,1H3. The lowest BCUT2D eigenvalue weighted by Crippen LogP contribution is -2.58. The van der Waals surface area contributed by atoms with Crippen molar-refractivity contribution >= 4 is 54.9 Å². The summed E-state index contributed by atoms with van der Waals surface area (Å²) in [4.78, 5) is 36.8. The molecular formula is C27H32ClN5O7S2. The number of hydrogen-bond acceptors (Lipinski definition) is 10. The van der Waals surface area contributed by atoms with Crippen LogP contribution in [-0.2, 0) is 39.1 Å². The monoisotopic (exact) mass is 637 g/mol. The fourth-order valence-electron chi connectivity index (χ4n) is 5.74. The predicted octanol–water partition coefficient (Wildman–Crippen LogP) is 1.79. The number of aliphatic hydroxyl groups excluding tert-OH is 1. The number of hydrogen-bond donors (Lipinski definition) is 1. The lowest BCUT2D eigenvalue weighted by atomic mass is 10.1. The second-order valence-corrected chi connectivity index (χ2v) is 14.4. The number of rotatable bonds is 6. The predicted molar refractivity (Wildman–Crippen MR) is 155 cm³/mol. The smallest absolute Gasteiger partial charge is 0.310 e. The van der Waals surface area contributed by atoms with Gasteiger partial charge in [-0.3, -0.25) is 14.5 Å². The zero-order chi connectivity index (χ0) is 29.6. The number of thiophene rings is 1. The van der Waals surface area contributed by atoms with E-state index in [9.17, 15) is 23.1 Å². The number of benzene rings is 1. The molecule has 6 rings (SSSR count). The number of likely N-dealkylation sites (N-methyl/N-ethyl adjacent to an activating group) is 1. The summed E-state index contributed by atoms with van der Waals surface area (Å²) in [6.45, 7) is 2.60. The molecule has 2 amide bonds. The highest BCUT2D eigenvalue weighted by atomic mass is 35.5. The summed E-state index contributed by atoms with van der Waals surface area (Å²) >= 11 is 7.19. The fraction of sp³-hybridized carbons (Fsp3) is 0.519. The Kier molecular flexibility index (Phi) is 8.30. The summed E-state index contributed by atoms with van der Waals surface area (Å²) < 4.78 is 41.2. The van der Waals surface area contributed by atoms with E-state index in [0.717, 1.165) is 23.6 Å². The van der Waals surface area contributed by atoms with Gasteiger partial charge >= 0.3 is 5.91 Å². The Labute approximate surface area is 252 Å². The molecule has 0 bridgehead atoms. The van der Waals surface area contributed by atoms with Crippen LogP contribution in [0.15, 0.2) is 26.8 Å². The average Bonchev–Trinajstić information content (AvgIpc) is 3.58. The molecule has 3 aliphatic rings. The van der Waals surface area contributed by atoms with Crippen molar-refractivity contribution in [3.63, 3.8) is 0 Å². The van der Waals surface area contributed by atoms with Crippen LogP contribution in [0, 0.1) is 0 Å². The zero-order valence-electron chi connectivity index (χ0n) is 23.1. The SMILES string of the molecule is CN1CCc2nc(C(=O)N3CCN(S(=O)(=O)c4sc5cc(Cl)ccc5c4CO)CC3CC(=O)N3CCOCC3)oc2C1. The molecule has 0 aliphatic carbocycles. The summed E-state index contributed by atoms with van der Waals surface area (Å²) in [5.74, 6) is -0.0345. The molecule has 3 aromatic rings. The first-order valence-electron chi connectivity index (χ1n) is 13.8. The normalized spacial score (nSPS) is 20.7. The Balaban J connectivity index is 1.30. The summed E-state index contributed by atoms with van der Waals surface area (Å²) in [5.41, 5.74) is 1.06. The van der Waals surface area contributed by atoms with E-state index in [1.54, 1.807) is 23.1 Å². The zero-order valence-corrected chi connectivity index (χ0v) is 25.5. The van der Waals surface area contributed by atoms with E-state index in [0.29, 0.717) is 65.7 Å². The number of oxazole rings is 1. The lowest BCUT2D eigenvalue weighted by molar-refractivity contribution is -0.136. The molecule has 0 radical (unpaired) electrons. The second kappa shape index (κ2) is 11.8. The fourth-order valence-corrected chi connectivity index (χ4v) is 9.38. The highest BCUT2D eigenvalue weighted by Gasteiger charge is 2.41. The lowest BCUT2D eigenvalue weighted by Gasteiger charge is -2.40. The first kappa shape index (κ1) is 29.5. The molecule has 15 heteroatoms. The van der Waals surface area contributed by atoms with Crippen LogP contribution in [0.1, 0.15) is 34.1 Å². The van der Waals surface area contributed by atoms with E-state index < -0.39 is 28.6 Å². The second-order valence-electron chi connectivity index (χ2n) is 10.8. The largest absolute Gasteiger partial charge is 0.436 e. The Morgan fingerprint density at radius 3 is 2.71 bits per heavy atom. The van der Waals surface area contributed by atoms with Crippen molar-refractivity contribution in [2.45, 2.75) is 36.2 Å². The van der Waals surface area contributed by atoms with Crippen LogP contribution in [-0.4, -0.2) is 115 Å². The van der Waals surface area contributed by atoms with Gasteiger partial charge in [-0.2, -0.15) is 4.31 Å². The molecule has 2 fully saturated rings. The van der Waals surface area contributed by atoms with Crippen molar-refractivity contribution in [2.24, 2.45) is 0 Å². The maximum atomic E-state index is 14.0. The average molecular weight is 638 g/mol. The number of aliphatic hydroxyl groups is 1. The number of fused-ring (bicyclic) bond motifs is 2. The number of carbonyl (C=O) groups excluding carboxylic acids is 2. The van der Waals surface area contributed by atoms with Gasteiger partial charge in [0, 0.05) is 67.4 Å². The van der Waals surface area contributed by atoms with Crippen LogP contribution in [0.3, 0.4) is 0 Å². The molecule has 3 aliphatic heterocycles. The Hall–Kier alpha value is -2.59. The number of piperazine rings is 1. The molecule has 1 unspecified atom stereocenters. The molecule has 2 aromatic heterocycles. The maximum absolute atomic E-state index is 14.0. The van der Waals surface area contributed by atoms with E-state index in [2.05, 4.69) is 9.88 Å². The van der Waals surface area contributed by atoms with Gasteiger partial charge in [0.25, 0.3) is 15.9 Å². The van der Waals surface area contributed by atoms with Crippen LogP contribution in [0.5, 0.6) is 0 Å². The molecule has 226 valence electrons. The van der Waals surface area contributed by atoms with Crippen LogP contribution < -0.4 is 0 Å². The first-order chi connectivity index (χ1) is 20.2. The molecule has 1 atom stereocenters. The number of halogens is 1. The van der Waals surface area contributed by atoms with Crippen LogP contribution >= 0.6 is 22.9 Å². The van der Waals surface area contributed by atoms with Crippen molar-refractivity contribution in [3.8, 4) is 0 Å². The highest BCUT2D eigenvalue weighted by molar-refractivity contribution is 7.91. The minimum atomic E-state index is -4.07. The Morgan fingerprint density at radius 1 is 1.17 bits per heavy atom. The molecule has 0 saturated carbocycles. The number of sulfonamides is 1. The first-order valence-corrected chi connectivity index (χ1v) is 16.4. The Morgan fingerprint density at radius 2 is 1.95 bits per heavy atom. The van der Waals surface area contributed by atoms with Gasteiger partial charge in [-0.15, -0.1) is 11.3 Å². The van der Waals surface area contributed by atoms with Crippen molar-refractivity contribution < 1.29 is 32.3 Å².